The van der Waals surface area contributed by atoms with Crippen LogP contribution < -0.4 is 4.90 Å². The van der Waals surface area contributed by atoms with Gasteiger partial charge in [-0.1, -0.05) is 27.7 Å². The second-order valence-electron chi connectivity index (χ2n) is 5.83. The Bertz CT molecular complexity index is 376. The molecule has 1 aromatic rings. The molecule has 0 fully saturated rings. The number of anilines is 1. The zero-order valence-electron chi connectivity index (χ0n) is 13.0. The third kappa shape index (κ3) is 4.16. The van der Waals surface area contributed by atoms with Crippen LogP contribution in [-0.2, 0) is 0 Å². The minimum Gasteiger partial charge on any atom is -0.395 e. The fourth-order valence-corrected chi connectivity index (χ4v) is 1.92. The highest BCUT2D eigenvalue weighted by molar-refractivity contribution is 5.41. The summed E-state index contributed by atoms with van der Waals surface area (Å²) < 4.78 is 0. The Morgan fingerprint density at radius 2 is 1.68 bits per heavy atom. The van der Waals surface area contributed by atoms with Gasteiger partial charge in [0.05, 0.1) is 6.61 Å². The van der Waals surface area contributed by atoms with Crippen molar-refractivity contribution in [2.75, 3.05) is 18.1 Å². The molecule has 0 aliphatic heterocycles. The molecular weight excluding hydrogens is 238 g/mol. The zero-order valence-corrected chi connectivity index (χ0v) is 13.0. The van der Waals surface area contributed by atoms with Gasteiger partial charge in [0.2, 0.25) is 0 Å². The number of aliphatic hydroxyl groups excluding tert-OH is 1. The van der Waals surface area contributed by atoms with Crippen LogP contribution in [0.1, 0.15) is 64.9 Å². The van der Waals surface area contributed by atoms with Crippen LogP contribution in [0, 0.1) is 0 Å². The number of aromatic nitrogens is 2. The van der Waals surface area contributed by atoms with Crippen molar-refractivity contribution in [2.45, 2.75) is 59.4 Å². The van der Waals surface area contributed by atoms with Crippen molar-refractivity contribution in [3.8, 4) is 0 Å². The normalized spacial score (nSPS) is 11.7. The standard InChI is InChI=1S/C15H27N3O/c1-10(2)13-9-14(17-15(16-13)11(3)4)18(7-8-19)12(5)6/h9-12,19H,7-8H2,1-6H3. The number of nitrogens with zero attached hydrogens (tertiary/aromatic N) is 3. The van der Waals surface area contributed by atoms with Gasteiger partial charge < -0.3 is 10.0 Å². The van der Waals surface area contributed by atoms with Crippen molar-refractivity contribution >= 4 is 5.82 Å². The summed E-state index contributed by atoms with van der Waals surface area (Å²) in [4.78, 5) is 11.4. The second-order valence-corrected chi connectivity index (χ2v) is 5.83. The summed E-state index contributed by atoms with van der Waals surface area (Å²) in [6.07, 6.45) is 0. The van der Waals surface area contributed by atoms with E-state index in [0.29, 0.717) is 24.4 Å². The van der Waals surface area contributed by atoms with E-state index in [1.54, 1.807) is 0 Å². The molecule has 0 aliphatic rings. The quantitative estimate of drug-likeness (QED) is 0.859. The van der Waals surface area contributed by atoms with E-state index < -0.39 is 0 Å². The lowest BCUT2D eigenvalue weighted by atomic mass is 10.1. The first-order chi connectivity index (χ1) is 8.86. The molecule has 0 bridgehead atoms. The van der Waals surface area contributed by atoms with E-state index in [-0.39, 0.29) is 6.61 Å². The molecule has 1 N–H and O–H groups in total. The van der Waals surface area contributed by atoms with Crippen LogP contribution in [0.5, 0.6) is 0 Å². The minimum atomic E-state index is 0.135. The van der Waals surface area contributed by atoms with E-state index in [4.69, 9.17) is 0 Å². The predicted molar refractivity (Wildman–Crippen MR) is 79.8 cm³/mol. The molecule has 0 aromatic carbocycles. The Morgan fingerprint density at radius 3 is 2.11 bits per heavy atom. The third-order valence-electron chi connectivity index (χ3n) is 3.12. The molecule has 0 saturated carbocycles. The molecule has 19 heavy (non-hydrogen) atoms. The summed E-state index contributed by atoms with van der Waals surface area (Å²) >= 11 is 0. The van der Waals surface area contributed by atoms with Crippen LogP contribution in [-0.4, -0.2) is 34.3 Å². The molecule has 0 amide bonds. The van der Waals surface area contributed by atoms with Gasteiger partial charge in [-0.2, -0.15) is 0 Å². The van der Waals surface area contributed by atoms with Crippen molar-refractivity contribution in [2.24, 2.45) is 0 Å². The van der Waals surface area contributed by atoms with E-state index in [9.17, 15) is 5.11 Å². The van der Waals surface area contributed by atoms with Gasteiger partial charge in [0.1, 0.15) is 11.6 Å². The van der Waals surface area contributed by atoms with Crippen LogP contribution in [0.3, 0.4) is 0 Å². The average molecular weight is 265 g/mol. The molecule has 1 rings (SSSR count). The van der Waals surface area contributed by atoms with E-state index >= 15 is 0 Å². The van der Waals surface area contributed by atoms with Crippen LogP contribution in [0.25, 0.3) is 0 Å². The van der Waals surface area contributed by atoms with Crippen LogP contribution >= 0.6 is 0 Å². The van der Waals surface area contributed by atoms with Gasteiger partial charge in [0.15, 0.2) is 0 Å². The Morgan fingerprint density at radius 1 is 1.05 bits per heavy atom. The summed E-state index contributed by atoms with van der Waals surface area (Å²) in [7, 11) is 0. The first-order valence-corrected chi connectivity index (χ1v) is 7.13. The largest absolute Gasteiger partial charge is 0.395 e. The van der Waals surface area contributed by atoms with Gasteiger partial charge in [-0.15, -0.1) is 0 Å². The number of aliphatic hydroxyl groups is 1. The van der Waals surface area contributed by atoms with E-state index in [2.05, 4.69) is 56.4 Å². The van der Waals surface area contributed by atoms with Gasteiger partial charge >= 0.3 is 0 Å². The monoisotopic (exact) mass is 265 g/mol. The maximum atomic E-state index is 9.22. The summed E-state index contributed by atoms with van der Waals surface area (Å²) in [5.74, 6) is 2.49. The second kappa shape index (κ2) is 6.85. The lowest BCUT2D eigenvalue weighted by Crippen LogP contribution is -2.34. The molecule has 0 aliphatic carbocycles. The van der Waals surface area contributed by atoms with Gasteiger partial charge in [-0.25, -0.2) is 9.97 Å². The molecule has 4 nitrogen and oxygen atoms in total. The molecule has 0 spiro atoms. The lowest BCUT2D eigenvalue weighted by molar-refractivity contribution is 0.298. The van der Waals surface area contributed by atoms with Crippen molar-refractivity contribution < 1.29 is 5.11 Å². The van der Waals surface area contributed by atoms with Crippen LogP contribution in [0.15, 0.2) is 6.07 Å². The molecule has 0 saturated heterocycles. The van der Waals surface area contributed by atoms with Crippen LogP contribution in [0.4, 0.5) is 5.82 Å². The van der Waals surface area contributed by atoms with Crippen LogP contribution in [0.2, 0.25) is 0 Å². The smallest absolute Gasteiger partial charge is 0.133 e. The Balaban J connectivity index is 3.24. The minimum absolute atomic E-state index is 0.135. The highest BCUT2D eigenvalue weighted by Crippen LogP contribution is 2.22. The first-order valence-electron chi connectivity index (χ1n) is 7.13. The fourth-order valence-electron chi connectivity index (χ4n) is 1.92. The molecule has 0 unspecified atom stereocenters. The number of rotatable bonds is 6. The third-order valence-corrected chi connectivity index (χ3v) is 3.12. The zero-order chi connectivity index (χ0) is 14.6. The SMILES string of the molecule is CC(C)c1cc(N(CCO)C(C)C)nc(C(C)C)n1. The maximum Gasteiger partial charge on any atom is 0.133 e. The van der Waals surface area contributed by atoms with Crippen molar-refractivity contribution in [1.82, 2.24) is 9.97 Å². The van der Waals surface area contributed by atoms with E-state index in [0.717, 1.165) is 17.3 Å². The highest BCUT2D eigenvalue weighted by atomic mass is 16.3. The summed E-state index contributed by atoms with van der Waals surface area (Å²) in [5, 5.41) is 9.22. The highest BCUT2D eigenvalue weighted by Gasteiger charge is 2.16. The molecule has 0 radical (unpaired) electrons. The summed E-state index contributed by atoms with van der Waals surface area (Å²) in [5.41, 5.74) is 1.07. The van der Waals surface area contributed by atoms with Gasteiger partial charge in [0, 0.05) is 30.3 Å². The number of hydrogen-bond donors (Lipinski definition) is 1. The summed E-state index contributed by atoms with van der Waals surface area (Å²) in [6, 6.07) is 2.36. The van der Waals surface area contributed by atoms with Crippen molar-refractivity contribution in [3.05, 3.63) is 17.6 Å². The van der Waals surface area contributed by atoms with Gasteiger partial charge in [0.25, 0.3) is 0 Å². The molecule has 1 heterocycles. The number of hydrogen-bond acceptors (Lipinski definition) is 4. The van der Waals surface area contributed by atoms with Gasteiger partial charge in [-0.05, 0) is 19.8 Å². The average Bonchev–Trinajstić information content (AvgIpc) is 2.34. The van der Waals surface area contributed by atoms with E-state index in [1.807, 2.05) is 6.07 Å². The Hall–Kier alpha value is -1.16. The molecule has 108 valence electrons. The molecule has 0 atom stereocenters. The topological polar surface area (TPSA) is 49.2 Å². The van der Waals surface area contributed by atoms with Crippen molar-refractivity contribution in [1.29, 1.82) is 0 Å². The Kier molecular flexibility index (Phi) is 5.73. The first kappa shape index (κ1) is 15.9. The molecule has 4 heteroatoms. The fraction of sp³-hybridized carbons (Fsp3) is 0.733. The van der Waals surface area contributed by atoms with E-state index in [1.165, 1.54) is 0 Å². The molecule has 1 aromatic heterocycles. The summed E-state index contributed by atoms with van der Waals surface area (Å²) in [6.45, 7) is 13.5. The predicted octanol–water partition coefficient (Wildman–Crippen LogP) is 2.93. The van der Waals surface area contributed by atoms with Crippen molar-refractivity contribution in [3.63, 3.8) is 0 Å². The van der Waals surface area contributed by atoms with Gasteiger partial charge in [-0.3, -0.25) is 0 Å². The Labute approximate surface area is 116 Å². The lowest BCUT2D eigenvalue weighted by Gasteiger charge is -2.28. The maximum absolute atomic E-state index is 9.22. The molecular formula is C15H27N3O.